The van der Waals surface area contributed by atoms with Gasteiger partial charge in [-0.3, -0.25) is 0 Å². The quantitative estimate of drug-likeness (QED) is 0.421. The summed E-state index contributed by atoms with van der Waals surface area (Å²) in [5.74, 6) is 1.74. The van der Waals surface area contributed by atoms with E-state index >= 15 is 0 Å². The first-order valence-electron chi connectivity index (χ1n) is 10.1. The molecule has 0 saturated heterocycles. The Morgan fingerprint density at radius 2 is 1.83 bits per heavy atom. The number of aliphatic hydroxyl groups is 1. The molecule has 0 aliphatic rings. The van der Waals surface area contributed by atoms with E-state index in [1.807, 2.05) is 43.3 Å². The molecule has 1 atom stereocenters. The molecule has 0 saturated carbocycles. The Bertz CT molecular complexity index is 1190. The molecule has 0 aliphatic heterocycles. The lowest BCUT2D eigenvalue weighted by Crippen LogP contribution is -2.01. The molecular weight excluding hydrogens is 374 g/mol. The van der Waals surface area contributed by atoms with Gasteiger partial charge < -0.3 is 16.2 Å². The molecule has 6 heteroatoms. The van der Waals surface area contributed by atoms with E-state index in [0.29, 0.717) is 23.9 Å². The van der Waals surface area contributed by atoms with Crippen molar-refractivity contribution in [3.05, 3.63) is 72.1 Å². The number of nitrogen functional groups attached to an aromatic ring is 1. The monoisotopic (exact) mass is 399 g/mol. The minimum atomic E-state index is -0.509. The molecule has 30 heavy (non-hydrogen) atoms. The number of anilines is 3. The van der Waals surface area contributed by atoms with Crippen LogP contribution in [0, 0.1) is 0 Å². The fourth-order valence-electron chi connectivity index (χ4n) is 3.55. The van der Waals surface area contributed by atoms with E-state index in [1.165, 1.54) is 5.56 Å². The highest BCUT2D eigenvalue weighted by Crippen LogP contribution is 2.30. The van der Waals surface area contributed by atoms with E-state index in [-0.39, 0.29) is 0 Å². The maximum absolute atomic E-state index is 10.1. The van der Waals surface area contributed by atoms with Crippen molar-refractivity contribution in [3.8, 4) is 11.3 Å². The van der Waals surface area contributed by atoms with Crippen LogP contribution in [0.1, 0.15) is 37.5 Å². The number of aliphatic hydroxyl groups excluding tert-OH is 1. The Hall–Kier alpha value is -3.51. The van der Waals surface area contributed by atoms with Crippen LogP contribution < -0.4 is 11.1 Å². The van der Waals surface area contributed by atoms with Gasteiger partial charge in [-0.2, -0.15) is 0 Å². The van der Waals surface area contributed by atoms with Crippen molar-refractivity contribution in [2.45, 2.75) is 32.8 Å². The Labute approximate surface area is 175 Å². The molecule has 0 bridgehead atoms. The Morgan fingerprint density at radius 3 is 2.63 bits per heavy atom. The number of nitrogens with one attached hydrogen (secondary N) is 1. The molecule has 152 valence electrons. The number of aromatic nitrogens is 3. The second kappa shape index (κ2) is 8.47. The summed E-state index contributed by atoms with van der Waals surface area (Å²) in [5.41, 5.74) is 10.2. The summed E-state index contributed by atoms with van der Waals surface area (Å²) in [7, 11) is 0. The van der Waals surface area contributed by atoms with Crippen LogP contribution in [0.15, 0.2) is 60.9 Å². The first-order chi connectivity index (χ1) is 14.6. The molecule has 6 nitrogen and oxygen atoms in total. The zero-order valence-corrected chi connectivity index (χ0v) is 17.1. The SMILES string of the molecule is CCc1ccccc1-c1cc2cc(Nc3cc(C(O)CC)ccn3)ncc2c(N)n1. The summed E-state index contributed by atoms with van der Waals surface area (Å²) in [6.45, 7) is 4.07. The van der Waals surface area contributed by atoms with Gasteiger partial charge in [0.1, 0.15) is 17.5 Å². The summed E-state index contributed by atoms with van der Waals surface area (Å²) in [4.78, 5) is 13.4. The summed E-state index contributed by atoms with van der Waals surface area (Å²) in [6.07, 6.45) is 4.46. The first-order valence-corrected chi connectivity index (χ1v) is 10.1. The summed E-state index contributed by atoms with van der Waals surface area (Å²) >= 11 is 0. The molecule has 0 fully saturated rings. The minimum absolute atomic E-state index is 0.457. The predicted octanol–water partition coefficient (Wildman–Crippen LogP) is 5.02. The van der Waals surface area contributed by atoms with Crippen LogP contribution in [-0.4, -0.2) is 20.1 Å². The summed E-state index contributed by atoms with van der Waals surface area (Å²) in [5, 5.41) is 15.1. The van der Waals surface area contributed by atoms with E-state index in [2.05, 4.69) is 39.3 Å². The zero-order valence-electron chi connectivity index (χ0n) is 17.1. The van der Waals surface area contributed by atoms with Gasteiger partial charge in [0.25, 0.3) is 0 Å². The van der Waals surface area contributed by atoms with Crippen LogP contribution >= 0.6 is 0 Å². The number of benzene rings is 1. The maximum atomic E-state index is 10.1. The number of hydrogen-bond donors (Lipinski definition) is 3. The molecule has 0 radical (unpaired) electrons. The Kier molecular flexibility index (Phi) is 5.59. The van der Waals surface area contributed by atoms with Crippen LogP contribution in [0.4, 0.5) is 17.5 Å². The van der Waals surface area contributed by atoms with Gasteiger partial charge in [0, 0.05) is 23.3 Å². The van der Waals surface area contributed by atoms with Crippen molar-refractivity contribution < 1.29 is 5.11 Å². The predicted molar refractivity (Wildman–Crippen MR) is 122 cm³/mol. The van der Waals surface area contributed by atoms with Gasteiger partial charge in [0.05, 0.1) is 11.8 Å². The third kappa shape index (κ3) is 3.95. The zero-order chi connectivity index (χ0) is 21.1. The molecule has 1 aromatic carbocycles. The van der Waals surface area contributed by atoms with E-state index < -0.39 is 6.10 Å². The lowest BCUT2D eigenvalue weighted by atomic mass is 10.0. The number of nitrogens with zero attached hydrogens (tertiary/aromatic N) is 3. The van der Waals surface area contributed by atoms with Gasteiger partial charge in [-0.1, -0.05) is 38.1 Å². The second-order valence-corrected chi connectivity index (χ2v) is 7.22. The molecular formula is C24H25N5O. The van der Waals surface area contributed by atoms with Gasteiger partial charge in [-0.15, -0.1) is 0 Å². The number of fused-ring (bicyclic) bond motifs is 1. The summed E-state index contributed by atoms with van der Waals surface area (Å²) < 4.78 is 0. The van der Waals surface area contributed by atoms with Gasteiger partial charge >= 0.3 is 0 Å². The molecule has 0 spiro atoms. The highest BCUT2D eigenvalue weighted by atomic mass is 16.3. The van der Waals surface area contributed by atoms with Crippen molar-refractivity contribution in [2.75, 3.05) is 11.1 Å². The van der Waals surface area contributed by atoms with Crippen LogP contribution in [0.2, 0.25) is 0 Å². The van der Waals surface area contributed by atoms with Crippen LogP contribution in [0.3, 0.4) is 0 Å². The van der Waals surface area contributed by atoms with E-state index in [0.717, 1.165) is 34.0 Å². The van der Waals surface area contributed by atoms with Gasteiger partial charge in [0.15, 0.2) is 0 Å². The van der Waals surface area contributed by atoms with Crippen molar-refractivity contribution in [2.24, 2.45) is 0 Å². The minimum Gasteiger partial charge on any atom is -0.388 e. The molecule has 0 amide bonds. The molecule has 4 rings (SSSR count). The lowest BCUT2D eigenvalue weighted by Gasteiger charge is -2.12. The fourth-order valence-corrected chi connectivity index (χ4v) is 3.55. The largest absolute Gasteiger partial charge is 0.388 e. The van der Waals surface area contributed by atoms with Crippen molar-refractivity contribution in [1.82, 2.24) is 15.0 Å². The average molecular weight is 399 g/mol. The third-order valence-corrected chi connectivity index (χ3v) is 5.23. The van der Waals surface area contributed by atoms with Gasteiger partial charge in [0.2, 0.25) is 0 Å². The van der Waals surface area contributed by atoms with Crippen molar-refractivity contribution >= 4 is 28.2 Å². The number of nitrogens with two attached hydrogens (primary N) is 1. The second-order valence-electron chi connectivity index (χ2n) is 7.22. The fraction of sp³-hybridized carbons (Fsp3) is 0.208. The molecule has 1 unspecified atom stereocenters. The maximum Gasteiger partial charge on any atom is 0.133 e. The Morgan fingerprint density at radius 1 is 1.03 bits per heavy atom. The van der Waals surface area contributed by atoms with Gasteiger partial charge in [-0.25, -0.2) is 15.0 Å². The highest BCUT2D eigenvalue weighted by Gasteiger charge is 2.11. The van der Waals surface area contributed by atoms with E-state index in [4.69, 9.17) is 5.73 Å². The summed E-state index contributed by atoms with van der Waals surface area (Å²) in [6, 6.07) is 15.9. The topological polar surface area (TPSA) is 97.0 Å². The molecule has 3 aromatic heterocycles. The standard InChI is InChI=1S/C24H25N5O/c1-3-15-7-5-6-8-18(15)20-11-17-13-23(27-14-19(17)24(25)28-20)29-22-12-16(9-10-26-22)21(30)4-2/h5-14,21,30H,3-4H2,1-2H3,(H2,25,28)(H,26,27,29). The smallest absolute Gasteiger partial charge is 0.133 e. The van der Waals surface area contributed by atoms with E-state index in [1.54, 1.807) is 12.4 Å². The molecule has 0 aliphatic carbocycles. The Balaban J connectivity index is 1.72. The average Bonchev–Trinajstić information content (AvgIpc) is 2.78. The number of pyridine rings is 3. The number of hydrogen-bond acceptors (Lipinski definition) is 6. The highest BCUT2D eigenvalue weighted by molar-refractivity contribution is 5.94. The molecule has 3 heterocycles. The first kappa shape index (κ1) is 19.8. The molecule has 4 N–H and O–H groups in total. The van der Waals surface area contributed by atoms with Gasteiger partial charge in [-0.05, 0) is 53.6 Å². The van der Waals surface area contributed by atoms with Crippen LogP contribution in [-0.2, 0) is 6.42 Å². The van der Waals surface area contributed by atoms with Crippen LogP contribution in [0.5, 0.6) is 0 Å². The van der Waals surface area contributed by atoms with E-state index in [9.17, 15) is 5.11 Å². The normalized spacial score (nSPS) is 12.1. The number of aryl methyl sites for hydroxylation is 1. The lowest BCUT2D eigenvalue weighted by molar-refractivity contribution is 0.173. The third-order valence-electron chi connectivity index (χ3n) is 5.23. The van der Waals surface area contributed by atoms with Crippen LogP contribution in [0.25, 0.3) is 22.0 Å². The van der Waals surface area contributed by atoms with Crippen molar-refractivity contribution in [3.63, 3.8) is 0 Å². The molecule has 4 aromatic rings. The van der Waals surface area contributed by atoms with Crippen molar-refractivity contribution in [1.29, 1.82) is 0 Å². The number of rotatable bonds is 6.